The quantitative estimate of drug-likeness (QED) is 0.618. The van der Waals surface area contributed by atoms with Gasteiger partial charge in [-0.15, -0.1) is 0 Å². The summed E-state index contributed by atoms with van der Waals surface area (Å²) in [6.45, 7) is 7.57. The molecule has 21 heavy (non-hydrogen) atoms. The van der Waals surface area contributed by atoms with Crippen LogP contribution in [0.2, 0.25) is 0 Å². The molecule has 0 aliphatic carbocycles. The van der Waals surface area contributed by atoms with Crippen molar-refractivity contribution in [3.63, 3.8) is 0 Å². The predicted octanol–water partition coefficient (Wildman–Crippen LogP) is 2.62. The Hall–Kier alpha value is -1.75. The summed E-state index contributed by atoms with van der Waals surface area (Å²) < 4.78 is 10.00. The highest BCUT2D eigenvalue weighted by atomic mass is 16.5. The Bertz CT molecular complexity index is 489. The normalized spacial score (nSPS) is 12.0. The number of rotatable bonds is 7. The minimum atomic E-state index is -0.409. The summed E-state index contributed by atoms with van der Waals surface area (Å²) in [5.74, 6) is -0.409. The van der Waals surface area contributed by atoms with E-state index in [0.29, 0.717) is 23.9 Å². The van der Waals surface area contributed by atoms with E-state index in [2.05, 4.69) is 18.7 Å². The molecule has 5 heteroatoms. The number of ether oxygens (including phenoxy) is 2. The van der Waals surface area contributed by atoms with Crippen LogP contribution in [0.4, 0.5) is 11.4 Å². The van der Waals surface area contributed by atoms with Crippen molar-refractivity contribution in [2.45, 2.75) is 33.2 Å². The Morgan fingerprint density at radius 1 is 1.38 bits per heavy atom. The van der Waals surface area contributed by atoms with Gasteiger partial charge in [-0.2, -0.15) is 0 Å². The number of nitrogens with two attached hydrogens (primary N) is 1. The molecule has 0 aromatic heterocycles. The molecular weight excluding hydrogens is 268 g/mol. The maximum Gasteiger partial charge on any atom is 0.340 e. The maximum atomic E-state index is 11.9. The predicted molar refractivity (Wildman–Crippen MR) is 85.9 cm³/mol. The fourth-order valence-corrected chi connectivity index (χ4v) is 2.24. The van der Waals surface area contributed by atoms with E-state index < -0.39 is 5.97 Å². The molecule has 118 valence electrons. The Morgan fingerprint density at radius 2 is 2.05 bits per heavy atom. The minimum absolute atomic E-state index is 0.341. The van der Waals surface area contributed by atoms with Gasteiger partial charge in [0.2, 0.25) is 0 Å². The summed E-state index contributed by atoms with van der Waals surface area (Å²) in [4.78, 5) is 14.1. The van der Waals surface area contributed by atoms with Gasteiger partial charge in [-0.25, -0.2) is 4.79 Å². The second-order valence-corrected chi connectivity index (χ2v) is 5.16. The number of carbonyl (C=O) groups is 1. The fraction of sp³-hybridized carbons (Fsp3) is 0.562. The number of nitrogens with zero attached hydrogens (tertiary/aromatic N) is 1. The van der Waals surface area contributed by atoms with Crippen LogP contribution in [0.3, 0.4) is 0 Å². The molecule has 0 fully saturated rings. The molecule has 0 aliphatic heterocycles. The summed E-state index contributed by atoms with van der Waals surface area (Å²) >= 11 is 0. The van der Waals surface area contributed by atoms with Crippen molar-refractivity contribution in [3.8, 4) is 0 Å². The van der Waals surface area contributed by atoms with Crippen LogP contribution in [0.15, 0.2) is 12.1 Å². The topological polar surface area (TPSA) is 64.8 Å². The van der Waals surface area contributed by atoms with Crippen LogP contribution in [0, 0.1) is 6.92 Å². The number of nitrogen functional groups attached to an aromatic ring is 1. The van der Waals surface area contributed by atoms with Gasteiger partial charge in [-0.05, 0) is 38.0 Å². The first-order chi connectivity index (χ1) is 9.96. The van der Waals surface area contributed by atoms with E-state index in [1.165, 1.54) is 7.11 Å². The molecule has 1 aromatic rings. The molecule has 2 N–H and O–H groups in total. The Kier molecular flexibility index (Phi) is 6.49. The standard InChI is InChI=1S/C16H26N2O3/c1-6-12(3)18(7-8-20-4)13-9-11(2)15(17)14(10-13)16(19)21-5/h9-10,12H,6-8,17H2,1-5H3. The average Bonchev–Trinajstić information content (AvgIpc) is 2.49. The van der Waals surface area contributed by atoms with Crippen molar-refractivity contribution in [3.05, 3.63) is 23.3 Å². The lowest BCUT2D eigenvalue weighted by molar-refractivity contribution is 0.0602. The second-order valence-electron chi connectivity index (χ2n) is 5.16. The van der Waals surface area contributed by atoms with Gasteiger partial charge in [-0.1, -0.05) is 6.92 Å². The van der Waals surface area contributed by atoms with Gasteiger partial charge in [0.25, 0.3) is 0 Å². The second kappa shape index (κ2) is 7.88. The van der Waals surface area contributed by atoms with Gasteiger partial charge in [0.15, 0.2) is 0 Å². The van der Waals surface area contributed by atoms with Gasteiger partial charge in [0.1, 0.15) is 0 Å². The molecule has 1 aromatic carbocycles. The minimum Gasteiger partial charge on any atom is -0.465 e. The van der Waals surface area contributed by atoms with Crippen molar-refractivity contribution < 1.29 is 14.3 Å². The van der Waals surface area contributed by atoms with Crippen molar-refractivity contribution in [2.24, 2.45) is 0 Å². The van der Waals surface area contributed by atoms with E-state index in [9.17, 15) is 4.79 Å². The Labute approximate surface area is 127 Å². The van der Waals surface area contributed by atoms with Gasteiger partial charge in [0, 0.05) is 31.1 Å². The van der Waals surface area contributed by atoms with E-state index >= 15 is 0 Å². The molecule has 0 aliphatic rings. The Morgan fingerprint density at radius 3 is 2.57 bits per heavy atom. The van der Waals surface area contributed by atoms with Gasteiger partial charge in [0.05, 0.1) is 19.3 Å². The molecule has 0 amide bonds. The van der Waals surface area contributed by atoms with Crippen LogP contribution < -0.4 is 10.6 Å². The lowest BCUT2D eigenvalue weighted by atomic mass is 10.0. The summed E-state index contributed by atoms with van der Waals surface area (Å²) in [5, 5.41) is 0. The lowest BCUT2D eigenvalue weighted by Gasteiger charge is -2.31. The van der Waals surface area contributed by atoms with Crippen LogP contribution >= 0.6 is 0 Å². The highest BCUT2D eigenvalue weighted by molar-refractivity contribution is 5.97. The van der Waals surface area contributed by atoms with E-state index in [-0.39, 0.29) is 0 Å². The zero-order valence-electron chi connectivity index (χ0n) is 13.6. The molecule has 1 rings (SSSR count). The SMILES string of the molecule is CCC(C)N(CCOC)c1cc(C)c(N)c(C(=O)OC)c1. The fourth-order valence-electron chi connectivity index (χ4n) is 2.24. The first-order valence-corrected chi connectivity index (χ1v) is 7.20. The summed E-state index contributed by atoms with van der Waals surface area (Å²) in [6, 6.07) is 4.15. The zero-order chi connectivity index (χ0) is 16.0. The Balaban J connectivity index is 3.24. The van der Waals surface area contributed by atoms with Crippen LogP contribution in [0.1, 0.15) is 36.2 Å². The molecule has 5 nitrogen and oxygen atoms in total. The molecule has 0 saturated carbocycles. The molecule has 0 radical (unpaired) electrons. The zero-order valence-corrected chi connectivity index (χ0v) is 13.6. The average molecular weight is 294 g/mol. The van der Waals surface area contributed by atoms with Crippen LogP contribution in [0.25, 0.3) is 0 Å². The van der Waals surface area contributed by atoms with Crippen molar-refractivity contribution >= 4 is 17.3 Å². The first kappa shape index (κ1) is 17.3. The molecule has 0 heterocycles. The number of hydrogen-bond donors (Lipinski definition) is 1. The largest absolute Gasteiger partial charge is 0.465 e. The number of carbonyl (C=O) groups excluding carboxylic acids is 1. The number of anilines is 2. The van der Waals surface area contributed by atoms with Crippen LogP contribution in [-0.2, 0) is 9.47 Å². The van der Waals surface area contributed by atoms with Gasteiger partial charge in [-0.3, -0.25) is 0 Å². The summed E-state index contributed by atoms with van der Waals surface area (Å²) in [6.07, 6.45) is 1.00. The number of hydrogen-bond acceptors (Lipinski definition) is 5. The highest BCUT2D eigenvalue weighted by Gasteiger charge is 2.18. The van der Waals surface area contributed by atoms with Crippen molar-refractivity contribution in [2.75, 3.05) is 38.0 Å². The number of methoxy groups -OCH3 is 2. The molecule has 0 saturated heterocycles. The monoisotopic (exact) mass is 294 g/mol. The highest BCUT2D eigenvalue weighted by Crippen LogP contribution is 2.27. The number of aryl methyl sites for hydroxylation is 1. The van der Waals surface area contributed by atoms with E-state index in [1.54, 1.807) is 13.2 Å². The molecule has 0 bridgehead atoms. The molecule has 1 unspecified atom stereocenters. The third-order valence-corrected chi connectivity index (χ3v) is 3.77. The molecule has 1 atom stereocenters. The summed E-state index contributed by atoms with van der Waals surface area (Å²) in [5.41, 5.74) is 8.72. The van der Waals surface area contributed by atoms with Gasteiger partial charge >= 0.3 is 5.97 Å². The molecular formula is C16H26N2O3. The smallest absolute Gasteiger partial charge is 0.340 e. The van der Waals surface area contributed by atoms with Crippen molar-refractivity contribution in [1.82, 2.24) is 0 Å². The van der Waals surface area contributed by atoms with E-state index in [4.69, 9.17) is 15.2 Å². The van der Waals surface area contributed by atoms with Crippen LogP contribution in [0.5, 0.6) is 0 Å². The number of benzene rings is 1. The third-order valence-electron chi connectivity index (χ3n) is 3.77. The van der Waals surface area contributed by atoms with Gasteiger partial charge < -0.3 is 20.1 Å². The molecule has 0 spiro atoms. The lowest BCUT2D eigenvalue weighted by Crippen LogP contribution is -2.35. The summed E-state index contributed by atoms with van der Waals surface area (Å²) in [7, 11) is 3.05. The first-order valence-electron chi connectivity index (χ1n) is 7.20. The van der Waals surface area contributed by atoms with E-state index in [1.807, 2.05) is 13.0 Å². The number of esters is 1. The van der Waals surface area contributed by atoms with E-state index in [0.717, 1.165) is 24.2 Å². The van der Waals surface area contributed by atoms with Crippen LogP contribution in [-0.4, -0.2) is 39.4 Å². The van der Waals surface area contributed by atoms with Crippen molar-refractivity contribution in [1.29, 1.82) is 0 Å². The third kappa shape index (κ3) is 4.11. The maximum absolute atomic E-state index is 11.9.